The van der Waals surface area contributed by atoms with Crippen molar-refractivity contribution < 1.29 is 9.90 Å². The zero-order chi connectivity index (χ0) is 10.1. The van der Waals surface area contributed by atoms with Gasteiger partial charge in [0.15, 0.2) is 0 Å². The van der Waals surface area contributed by atoms with Crippen LogP contribution in [0.3, 0.4) is 0 Å². The van der Waals surface area contributed by atoms with Crippen molar-refractivity contribution in [3.63, 3.8) is 0 Å². The molecule has 72 valence electrons. The maximum absolute atomic E-state index is 11.0. The first-order valence-electron chi connectivity index (χ1n) is 4.11. The van der Waals surface area contributed by atoms with Crippen molar-refractivity contribution in [1.29, 1.82) is 0 Å². The van der Waals surface area contributed by atoms with E-state index >= 15 is 0 Å². The predicted molar refractivity (Wildman–Crippen MR) is 52.6 cm³/mol. The highest BCUT2D eigenvalue weighted by Crippen LogP contribution is 2.23. The van der Waals surface area contributed by atoms with Gasteiger partial charge in [-0.3, -0.25) is 0 Å². The zero-order valence-corrected chi connectivity index (χ0v) is 7.53. The van der Waals surface area contributed by atoms with Gasteiger partial charge in [-0.15, -0.1) is 0 Å². The van der Waals surface area contributed by atoms with E-state index in [2.05, 4.69) is 15.3 Å². The van der Waals surface area contributed by atoms with Crippen LogP contribution >= 0.6 is 0 Å². The number of rotatable bonds is 2. The van der Waals surface area contributed by atoms with Gasteiger partial charge >= 0.3 is 5.97 Å². The quantitative estimate of drug-likeness (QED) is 0.668. The maximum Gasteiger partial charge on any atom is 0.340 e. The van der Waals surface area contributed by atoms with Gasteiger partial charge in [-0.25, -0.2) is 9.78 Å². The first kappa shape index (κ1) is 8.55. The van der Waals surface area contributed by atoms with Crippen LogP contribution in [-0.4, -0.2) is 28.1 Å². The van der Waals surface area contributed by atoms with Crippen molar-refractivity contribution in [3.05, 3.63) is 24.0 Å². The molecule has 0 saturated heterocycles. The summed E-state index contributed by atoms with van der Waals surface area (Å²) < 4.78 is 0. The number of hydrogen-bond donors (Lipinski definition) is 3. The Labute approximate surface area is 79.8 Å². The summed E-state index contributed by atoms with van der Waals surface area (Å²) >= 11 is 0. The molecule has 2 rings (SSSR count). The number of aromatic amines is 1. The summed E-state index contributed by atoms with van der Waals surface area (Å²) in [4.78, 5) is 17.8. The molecule has 0 fully saturated rings. The lowest BCUT2D eigenvalue weighted by molar-refractivity contribution is 0.0700. The number of benzene rings is 1. The fourth-order valence-electron chi connectivity index (χ4n) is 1.43. The predicted octanol–water partition coefficient (Wildman–Crippen LogP) is 1.30. The molecule has 0 bridgehead atoms. The van der Waals surface area contributed by atoms with Gasteiger partial charge in [0.2, 0.25) is 0 Å². The number of fused-ring (bicyclic) bond motifs is 1. The number of carboxylic acids is 1. The second kappa shape index (κ2) is 3.02. The Kier molecular flexibility index (Phi) is 1.85. The molecule has 0 atom stereocenters. The minimum absolute atomic E-state index is 0.200. The molecule has 1 aromatic carbocycles. The molecule has 1 heterocycles. The number of anilines is 1. The van der Waals surface area contributed by atoms with Gasteiger partial charge in [0, 0.05) is 7.05 Å². The van der Waals surface area contributed by atoms with Crippen LogP contribution in [0.15, 0.2) is 18.5 Å². The lowest BCUT2D eigenvalue weighted by Crippen LogP contribution is -2.03. The summed E-state index contributed by atoms with van der Waals surface area (Å²) in [5.74, 6) is -0.980. The molecule has 0 aliphatic heterocycles. The lowest BCUT2D eigenvalue weighted by Gasteiger charge is -2.04. The van der Waals surface area contributed by atoms with Gasteiger partial charge in [0.25, 0.3) is 0 Å². The summed E-state index contributed by atoms with van der Waals surface area (Å²) in [5, 5.41) is 11.8. The second-order valence-corrected chi connectivity index (χ2v) is 2.84. The molecule has 14 heavy (non-hydrogen) atoms. The summed E-state index contributed by atoms with van der Waals surface area (Å²) in [6.07, 6.45) is 1.48. The number of hydrogen-bond acceptors (Lipinski definition) is 3. The highest BCUT2D eigenvalue weighted by atomic mass is 16.4. The zero-order valence-electron chi connectivity index (χ0n) is 7.53. The second-order valence-electron chi connectivity index (χ2n) is 2.84. The number of imidazole rings is 1. The molecule has 0 unspecified atom stereocenters. The Balaban J connectivity index is 2.82. The largest absolute Gasteiger partial charge is 0.478 e. The van der Waals surface area contributed by atoms with Crippen molar-refractivity contribution in [2.75, 3.05) is 12.4 Å². The van der Waals surface area contributed by atoms with Crippen LogP contribution in [0.1, 0.15) is 10.4 Å². The van der Waals surface area contributed by atoms with E-state index in [-0.39, 0.29) is 5.56 Å². The minimum atomic E-state index is -0.980. The fourth-order valence-corrected chi connectivity index (χ4v) is 1.43. The van der Waals surface area contributed by atoms with E-state index in [0.29, 0.717) is 11.2 Å². The van der Waals surface area contributed by atoms with E-state index in [9.17, 15) is 4.79 Å². The summed E-state index contributed by atoms with van der Waals surface area (Å²) in [6.45, 7) is 0. The third kappa shape index (κ3) is 1.10. The third-order valence-electron chi connectivity index (χ3n) is 2.07. The highest BCUT2D eigenvalue weighted by Gasteiger charge is 2.15. The maximum atomic E-state index is 11.0. The molecule has 2 aromatic rings. The molecule has 0 saturated carbocycles. The molecular weight excluding hydrogens is 182 g/mol. The Morgan fingerprint density at radius 1 is 1.57 bits per heavy atom. The van der Waals surface area contributed by atoms with E-state index in [1.165, 1.54) is 6.33 Å². The molecule has 0 radical (unpaired) electrons. The van der Waals surface area contributed by atoms with Gasteiger partial charge < -0.3 is 15.4 Å². The molecule has 5 nitrogen and oxygen atoms in total. The summed E-state index contributed by atoms with van der Waals surface area (Å²) in [6, 6.07) is 3.50. The molecule has 0 amide bonds. The van der Waals surface area contributed by atoms with Crippen LogP contribution in [0.25, 0.3) is 11.0 Å². The molecule has 0 aliphatic carbocycles. The molecule has 0 spiro atoms. The van der Waals surface area contributed by atoms with Crippen molar-refractivity contribution in [2.45, 2.75) is 0 Å². The molecule has 0 aliphatic rings. The van der Waals surface area contributed by atoms with E-state index < -0.39 is 5.97 Å². The van der Waals surface area contributed by atoms with Crippen LogP contribution in [0.2, 0.25) is 0 Å². The van der Waals surface area contributed by atoms with Crippen LogP contribution in [0.4, 0.5) is 5.69 Å². The standard InChI is InChI=1S/C9H9N3O2/c1-10-5-2-3-6-8(12-4-11-6)7(5)9(13)14/h2-4,10H,1H3,(H,11,12)(H,13,14). The first-order chi connectivity index (χ1) is 6.74. The van der Waals surface area contributed by atoms with Crippen LogP contribution in [0, 0.1) is 0 Å². The molecule has 5 heteroatoms. The Hall–Kier alpha value is -2.04. The molecular formula is C9H9N3O2. The monoisotopic (exact) mass is 191 g/mol. The fraction of sp³-hybridized carbons (Fsp3) is 0.111. The number of carboxylic acid groups (broad SMARTS) is 1. The van der Waals surface area contributed by atoms with Crippen LogP contribution < -0.4 is 5.32 Å². The van der Waals surface area contributed by atoms with E-state index in [0.717, 1.165) is 5.52 Å². The van der Waals surface area contributed by atoms with Crippen molar-refractivity contribution in [3.8, 4) is 0 Å². The Morgan fingerprint density at radius 2 is 2.36 bits per heavy atom. The number of H-pyrrole nitrogens is 1. The normalized spacial score (nSPS) is 10.4. The van der Waals surface area contributed by atoms with E-state index in [1.807, 2.05) is 0 Å². The van der Waals surface area contributed by atoms with Crippen LogP contribution in [-0.2, 0) is 0 Å². The number of aromatic nitrogens is 2. The molecule has 1 aromatic heterocycles. The lowest BCUT2D eigenvalue weighted by atomic mass is 10.1. The third-order valence-corrected chi connectivity index (χ3v) is 2.07. The average molecular weight is 191 g/mol. The van der Waals surface area contributed by atoms with E-state index in [4.69, 9.17) is 5.11 Å². The number of nitrogens with one attached hydrogen (secondary N) is 2. The smallest absolute Gasteiger partial charge is 0.340 e. The Bertz CT molecular complexity index is 490. The minimum Gasteiger partial charge on any atom is -0.478 e. The van der Waals surface area contributed by atoms with Gasteiger partial charge in [-0.2, -0.15) is 0 Å². The van der Waals surface area contributed by atoms with Gasteiger partial charge in [0.1, 0.15) is 11.1 Å². The summed E-state index contributed by atoms with van der Waals surface area (Å²) in [7, 11) is 1.68. The van der Waals surface area contributed by atoms with Crippen molar-refractivity contribution in [1.82, 2.24) is 9.97 Å². The number of aromatic carboxylic acids is 1. The van der Waals surface area contributed by atoms with Crippen LogP contribution in [0.5, 0.6) is 0 Å². The number of carbonyl (C=O) groups is 1. The van der Waals surface area contributed by atoms with Crippen molar-refractivity contribution in [2.24, 2.45) is 0 Å². The summed E-state index contributed by atoms with van der Waals surface area (Å²) in [5.41, 5.74) is 1.97. The molecule has 3 N–H and O–H groups in total. The van der Waals surface area contributed by atoms with Gasteiger partial charge in [0.05, 0.1) is 17.5 Å². The highest BCUT2D eigenvalue weighted by molar-refractivity contribution is 6.06. The van der Waals surface area contributed by atoms with Crippen molar-refractivity contribution >= 4 is 22.7 Å². The average Bonchev–Trinajstić information content (AvgIpc) is 2.62. The van der Waals surface area contributed by atoms with E-state index in [1.54, 1.807) is 19.2 Å². The van der Waals surface area contributed by atoms with Gasteiger partial charge in [-0.05, 0) is 12.1 Å². The van der Waals surface area contributed by atoms with Gasteiger partial charge in [-0.1, -0.05) is 0 Å². The SMILES string of the molecule is CNc1ccc2[nH]cnc2c1C(=O)O. The number of nitrogens with zero attached hydrogens (tertiary/aromatic N) is 1. The Morgan fingerprint density at radius 3 is 3.00 bits per heavy atom. The first-order valence-corrected chi connectivity index (χ1v) is 4.11. The topological polar surface area (TPSA) is 78.0 Å².